The summed E-state index contributed by atoms with van der Waals surface area (Å²) in [6, 6.07) is 5.75. The average Bonchev–Trinajstić information content (AvgIpc) is 2.21. The Hall–Kier alpha value is -0.730. The second kappa shape index (κ2) is 6.12. The van der Waals surface area contributed by atoms with Crippen molar-refractivity contribution in [1.29, 1.82) is 0 Å². The third-order valence-electron chi connectivity index (χ3n) is 2.75. The number of hydrogen-bond acceptors (Lipinski definition) is 2. The number of aliphatic hydroxyl groups is 1. The Bertz CT molecular complexity index is 339. The van der Waals surface area contributed by atoms with Gasteiger partial charge >= 0.3 is 0 Å². The van der Waals surface area contributed by atoms with Crippen molar-refractivity contribution in [2.45, 2.75) is 45.1 Å². The maximum atomic E-state index is 9.48. The third-order valence-corrected chi connectivity index (χ3v) is 3.10. The molecule has 2 atom stereocenters. The quantitative estimate of drug-likeness (QED) is 0.774. The van der Waals surface area contributed by atoms with E-state index in [0.717, 1.165) is 19.3 Å². The minimum Gasteiger partial charge on any atom is -0.398 e. The van der Waals surface area contributed by atoms with E-state index in [1.807, 2.05) is 25.1 Å². The molecule has 1 rings (SSSR count). The van der Waals surface area contributed by atoms with E-state index >= 15 is 0 Å². The summed E-state index contributed by atoms with van der Waals surface area (Å²) in [5, 5.41) is 10.1. The zero-order valence-electron chi connectivity index (χ0n) is 9.91. The fourth-order valence-electron chi connectivity index (χ4n) is 2.00. The molecular weight excluding hydrogens is 222 g/mol. The van der Waals surface area contributed by atoms with Gasteiger partial charge in [-0.25, -0.2) is 0 Å². The van der Waals surface area contributed by atoms with Gasteiger partial charge in [0.1, 0.15) is 0 Å². The van der Waals surface area contributed by atoms with Gasteiger partial charge in [-0.3, -0.25) is 0 Å². The molecule has 0 bridgehead atoms. The van der Waals surface area contributed by atoms with Crippen LogP contribution in [0.4, 0.5) is 5.69 Å². The van der Waals surface area contributed by atoms with E-state index in [9.17, 15) is 5.11 Å². The molecule has 0 saturated carbocycles. The lowest BCUT2D eigenvalue weighted by molar-refractivity contribution is 0.172. The lowest BCUT2D eigenvalue weighted by Gasteiger charge is -2.19. The fourth-order valence-corrected chi connectivity index (χ4v) is 2.11. The number of anilines is 1. The van der Waals surface area contributed by atoms with Crippen LogP contribution in [0.1, 0.15) is 44.6 Å². The van der Waals surface area contributed by atoms with Crippen molar-refractivity contribution in [3.63, 3.8) is 0 Å². The summed E-state index contributed by atoms with van der Waals surface area (Å²) in [7, 11) is 0. The van der Waals surface area contributed by atoms with Crippen molar-refractivity contribution in [3.8, 4) is 0 Å². The van der Waals surface area contributed by atoms with Crippen LogP contribution in [-0.4, -0.2) is 11.2 Å². The Labute approximate surface area is 102 Å². The first-order chi connectivity index (χ1) is 7.54. The van der Waals surface area contributed by atoms with E-state index in [4.69, 9.17) is 17.3 Å². The van der Waals surface area contributed by atoms with Crippen LogP contribution >= 0.6 is 11.6 Å². The number of nitrogens with two attached hydrogens (primary N) is 1. The van der Waals surface area contributed by atoms with Gasteiger partial charge in [-0.1, -0.05) is 31.0 Å². The number of halogens is 1. The molecule has 0 saturated heterocycles. The Morgan fingerprint density at radius 1 is 1.44 bits per heavy atom. The van der Waals surface area contributed by atoms with Crippen LogP contribution in [0, 0.1) is 0 Å². The zero-order valence-corrected chi connectivity index (χ0v) is 10.7. The second-order valence-electron chi connectivity index (χ2n) is 4.35. The first-order valence-corrected chi connectivity index (χ1v) is 6.15. The van der Waals surface area contributed by atoms with Crippen molar-refractivity contribution in [2.75, 3.05) is 5.73 Å². The minimum absolute atomic E-state index is 0.284. The van der Waals surface area contributed by atoms with E-state index in [2.05, 4.69) is 6.92 Å². The summed E-state index contributed by atoms with van der Waals surface area (Å²) in [4.78, 5) is 0. The topological polar surface area (TPSA) is 46.2 Å². The van der Waals surface area contributed by atoms with Crippen LogP contribution in [0.2, 0.25) is 5.02 Å². The van der Waals surface area contributed by atoms with Gasteiger partial charge in [-0.15, -0.1) is 0 Å². The van der Waals surface area contributed by atoms with Crippen LogP contribution < -0.4 is 5.73 Å². The van der Waals surface area contributed by atoms with Crippen molar-refractivity contribution in [1.82, 2.24) is 0 Å². The molecule has 0 amide bonds. The highest BCUT2D eigenvalue weighted by Gasteiger charge is 2.14. The van der Waals surface area contributed by atoms with Gasteiger partial charge in [-0.2, -0.15) is 0 Å². The summed E-state index contributed by atoms with van der Waals surface area (Å²) in [5.41, 5.74) is 7.58. The van der Waals surface area contributed by atoms with E-state index in [1.54, 1.807) is 0 Å². The Morgan fingerprint density at radius 3 is 2.62 bits per heavy atom. The lowest BCUT2D eigenvalue weighted by Crippen LogP contribution is -2.09. The standard InChI is InChI=1S/C13H20ClNO/c1-3-4-10(7-9(2)16)11-5-6-12(14)13(15)8-11/h5-6,8-10,16H,3-4,7,15H2,1-2H3. The molecule has 3 N–H and O–H groups in total. The Kier molecular flexibility index (Phi) is 5.10. The molecule has 0 aliphatic rings. The third kappa shape index (κ3) is 3.69. The molecule has 1 aromatic carbocycles. The summed E-state index contributed by atoms with van der Waals surface area (Å²) >= 11 is 5.89. The highest BCUT2D eigenvalue weighted by Crippen LogP contribution is 2.30. The van der Waals surface area contributed by atoms with Crippen LogP contribution in [0.3, 0.4) is 0 Å². The maximum Gasteiger partial charge on any atom is 0.0635 e. The van der Waals surface area contributed by atoms with Crippen LogP contribution in [-0.2, 0) is 0 Å². The predicted molar refractivity (Wildman–Crippen MR) is 69.8 cm³/mol. The van der Waals surface area contributed by atoms with Crippen molar-refractivity contribution < 1.29 is 5.11 Å². The molecular formula is C13H20ClNO. The smallest absolute Gasteiger partial charge is 0.0635 e. The minimum atomic E-state index is -0.284. The van der Waals surface area contributed by atoms with Crippen LogP contribution in [0.5, 0.6) is 0 Å². The normalized spacial score (nSPS) is 14.8. The largest absolute Gasteiger partial charge is 0.398 e. The average molecular weight is 242 g/mol. The zero-order chi connectivity index (χ0) is 12.1. The molecule has 1 aromatic rings. The number of hydrogen-bond donors (Lipinski definition) is 2. The monoisotopic (exact) mass is 241 g/mol. The first-order valence-electron chi connectivity index (χ1n) is 5.77. The number of nitrogen functional groups attached to an aromatic ring is 1. The molecule has 0 heterocycles. The van der Waals surface area contributed by atoms with Crippen molar-refractivity contribution >= 4 is 17.3 Å². The molecule has 90 valence electrons. The Morgan fingerprint density at radius 2 is 2.12 bits per heavy atom. The SMILES string of the molecule is CCCC(CC(C)O)c1ccc(Cl)c(N)c1. The van der Waals surface area contributed by atoms with E-state index < -0.39 is 0 Å². The molecule has 2 nitrogen and oxygen atoms in total. The Balaban J connectivity index is 2.87. The van der Waals surface area contributed by atoms with Gasteiger partial charge in [-0.05, 0) is 43.4 Å². The van der Waals surface area contributed by atoms with Gasteiger partial charge < -0.3 is 10.8 Å². The fraction of sp³-hybridized carbons (Fsp3) is 0.538. The highest BCUT2D eigenvalue weighted by atomic mass is 35.5. The number of rotatable bonds is 5. The summed E-state index contributed by atoms with van der Waals surface area (Å²) in [6.07, 6.45) is 2.65. The summed E-state index contributed by atoms with van der Waals surface area (Å²) in [5.74, 6) is 0.365. The molecule has 3 heteroatoms. The van der Waals surface area contributed by atoms with Crippen LogP contribution in [0.25, 0.3) is 0 Å². The first kappa shape index (κ1) is 13.3. The van der Waals surface area contributed by atoms with Crippen molar-refractivity contribution in [3.05, 3.63) is 28.8 Å². The second-order valence-corrected chi connectivity index (χ2v) is 4.76. The molecule has 0 fully saturated rings. The van der Waals surface area contributed by atoms with E-state index in [-0.39, 0.29) is 6.10 Å². The molecule has 0 aliphatic heterocycles. The lowest BCUT2D eigenvalue weighted by atomic mass is 9.89. The molecule has 0 spiro atoms. The van der Waals surface area contributed by atoms with E-state index in [1.165, 1.54) is 5.56 Å². The summed E-state index contributed by atoms with van der Waals surface area (Å²) < 4.78 is 0. The number of benzene rings is 1. The van der Waals surface area contributed by atoms with Gasteiger partial charge in [0.05, 0.1) is 16.8 Å². The molecule has 0 radical (unpaired) electrons. The van der Waals surface area contributed by atoms with Gasteiger partial charge in [0, 0.05) is 0 Å². The maximum absolute atomic E-state index is 9.48. The highest BCUT2D eigenvalue weighted by molar-refractivity contribution is 6.33. The van der Waals surface area contributed by atoms with Gasteiger partial charge in [0.15, 0.2) is 0 Å². The van der Waals surface area contributed by atoms with Gasteiger partial charge in [0.25, 0.3) is 0 Å². The number of aliphatic hydroxyl groups excluding tert-OH is 1. The van der Waals surface area contributed by atoms with Gasteiger partial charge in [0.2, 0.25) is 0 Å². The molecule has 0 aliphatic carbocycles. The molecule has 0 aromatic heterocycles. The molecule has 16 heavy (non-hydrogen) atoms. The summed E-state index contributed by atoms with van der Waals surface area (Å²) in [6.45, 7) is 3.97. The molecule has 2 unspecified atom stereocenters. The van der Waals surface area contributed by atoms with Crippen LogP contribution in [0.15, 0.2) is 18.2 Å². The van der Waals surface area contributed by atoms with Crippen molar-refractivity contribution in [2.24, 2.45) is 0 Å². The predicted octanol–water partition coefficient (Wildman–Crippen LogP) is 3.58. The van der Waals surface area contributed by atoms with E-state index in [0.29, 0.717) is 16.6 Å².